The minimum atomic E-state index is 0.449. The third kappa shape index (κ3) is 1.63. The molecule has 2 N–H and O–H groups in total. The van der Waals surface area contributed by atoms with Crippen molar-refractivity contribution in [3.63, 3.8) is 0 Å². The molecule has 0 bridgehead atoms. The first-order valence-electron chi connectivity index (χ1n) is 4.47. The Bertz CT molecular complexity index is 516. The monoisotopic (exact) mass is 205 g/mol. The average molecular weight is 205 g/mol. The molecule has 0 radical (unpaired) electrons. The van der Waals surface area contributed by atoms with Crippen molar-refractivity contribution in [2.24, 2.45) is 5.16 Å². The molecule has 1 heterocycles. The van der Waals surface area contributed by atoms with Crippen LogP contribution in [0.1, 0.15) is 12.7 Å². The zero-order valence-corrected chi connectivity index (χ0v) is 8.48. The van der Waals surface area contributed by atoms with Crippen LogP contribution in [0, 0.1) is 0 Å². The highest BCUT2D eigenvalue weighted by Gasteiger charge is 2.06. The van der Waals surface area contributed by atoms with Gasteiger partial charge in [0.05, 0.1) is 18.1 Å². The van der Waals surface area contributed by atoms with Gasteiger partial charge in [0.25, 0.3) is 0 Å². The molecule has 0 saturated carbocycles. The Kier molecular flexibility index (Phi) is 2.29. The zero-order valence-electron chi connectivity index (χ0n) is 8.48. The summed E-state index contributed by atoms with van der Waals surface area (Å²) in [4.78, 5) is 7.30. The molecule has 5 nitrogen and oxygen atoms in total. The lowest BCUT2D eigenvalue weighted by Gasteiger charge is -1.96. The lowest BCUT2D eigenvalue weighted by Crippen LogP contribution is -1.96. The van der Waals surface area contributed by atoms with Crippen molar-refractivity contribution in [2.75, 3.05) is 7.11 Å². The third-order valence-electron chi connectivity index (χ3n) is 2.18. The van der Waals surface area contributed by atoms with Crippen molar-refractivity contribution in [1.29, 1.82) is 0 Å². The van der Waals surface area contributed by atoms with Crippen LogP contribution >= 0.6 is 0 Å². The number of rotatable bonds is 2. The second-order valence-electron chi connectivity index (χ2n) is 3.15. The smallest absolute Gasteiger partial charge is 0.156 e. The second-order valence-corrected chi connectivity index (χ2v) is 3.15. The number of aromatic nitrogens is 2. The second kappa shape index (κ2) is 3.61. The first-order valence-corrected chi connectivity index (χ1v) is 4.47. The van der Waals surface area contributed by atoms with Crippen LogP contribution in [0.4, 0.5) is 0 Å². The highest BCUT2D eigenvalue weighted by Crippen LogP contribution is 2.18. The number of imidazole rings is 1. The summed E-state index contributed by atoms with van der Waals surface area (Å²) in [6.07, 6.45) is 0. The van der Waals surface area contributed by atoms with Gasteiger partial charge in [-0.25, -0.2) is 4.98 Å². The molecule has 0 amide bonds. The molecule has 1 aromatic carbocycles. The van der Waals surface area contributed by atoms with Gasteiger partial charge in [0.2, 0.25) is 0 Å². The summed E-state index contributed by atoms with van der Waals surface area (Å²) in [5, 5.41) is 11.7. The summed E-state index contributed by atoms with van der Waals surface area (Å²) in [5.41, 5.74) is 2.12. The minimum absolute atomic E-state index is 0.449. The summed E-state index contributed by atoms with van der Waals surface area (Å²) in [7, 11) is 1.61. The van der Waals surface area contributed by atoms with Gasteiger partial charge in [0.15, 0.2) is 5.82 Å². The highest BCUT2D eigenvalue weighted by molar-refractivity contribution is 5.97. The number of fused-ring (bicyclic) bond motifs is 1. The van der Waals surface area contributed by atoms with Crippen LogP contribution in [0.2, 0.25) is 0 Å². The fraction of sp³-hybridized carbons (Fsp3) is 0.200. The lowest BCUT2D eigenvalue weighted by molar-refractivity contribution is 0.319. The maximum absolute atomic E-state index is 8.62. The van der Waals surface area contributed by atoms with Crippen LogP contribution in [0.3, 0.4) is 0 Å². The Balaban J connectivity index is 2.56. The Morgan fingerprint density at radius 3 is 3.00 bits per heavy atom. The number of nitrogens with one attached hydrogen (secondary N) is 1. The van der Waals surface area contributed by atoms with Gasteiger partial charge in [-0.2, -0.15) is 0 Å². The SMILES string of the molecule is COc1ccc2nc(C(C)=NO)[nH]c2c1. The number of nitrogens with zero attached hydrogens (tertiary/aromatic N) is 2. The molecule has 0 fully saturated rings. The van der Waals surface area contributed by atoms with E-state index >= 15 is 0 Å². The van der Waals surface area contributed by atoms with Crippen molar-refractivity contribution >= 4 is 16.7 Å². The third-order valence-corrected chi connectivity index (χ3v) is 2.18. The number of aromatic amines is 1. The summed E-state index contributed by atoms with van der Waals surface area (Å²) in [5.74, 6) is 1.32. The van der Waals surface area contributed by atoms with Crippen molar-refractivity contribution in [1.82, 2.24) is 9.97 Å². The number of methoxy groups -OCH3 is 1. The Morgan fingerprint density at radius 2 is 2.33 bits per heavy atom. The molecule has 0 spiro atoms. The normalized spacial score (nSPS) is 12.0. The van der Waals surface area contributed by atoms with E-state index in [0.717, 1.165) is 16.8 Å². The Labute approximate surface area is 86.4 Å². The first kappa shape index (κ1) is 9.51. The predicted molar refractivity (Wildman–Crippen MR) is 56.6 cm³/mol. The van der Waals surface area contributed by atoms with E-state index in [1.165, 1.54) is 0 Å². The van der Waals surface area contributed by atoms with Crippen LogP contribution in [0.5, 0.6) is 5.75 Å². The van der Waals surface area contributed by atoms with Gasteiger partial charge in [-0.05, 0) is 19.1 Å². The molecule has 0 saturated heterocycles. The topological polar surface area (TPSA) is 70.5 Å². The number of hydrogen-bond donors (Lipinski definition) is 2. The molecule has 15 heavy (non-hydrogen) atoms. The van der Waals surface area contributed by atoms with E-state index in [2.05, 4.69) is 15.1 Å². The van der Waals surface area contributed by atoms with Gasteiger partial charge in [-0.1, -0.05) is 5.16 Å². The van der Waals surface area contributed by atoms with Gasteiger partial charge < -0.3 is 14.9 Å². The number of ether oxygens (including phenoxy) is 1. The van der Waals surface area contributed by atoms with Crippen molar-refractivity contribution in [2.45, 2.75) is 6.92 Å². The van der Waals surface area contributed by atoms with Crippen LogP contribution in [-0.2, 0) is 0 Å². The van der Waals surface area contributed by atoms with Crippen molar-refractivity contribution in [3.05, 3.63) is 24.0 Å². The molecular formula is C10H11N3O2. The largest absolute Gasteiger partial charge is 0.497 e. The average Bonchev–Trinajstić information content (AvgIpc) is 2.70. The van der Waals surface area contributed by atoms with E-state index < -0.39 is 0 Å². The molecule has 2 rings (SSSR count). The molecule has 2 aromatic rings. The van der Waals surface area contributed by atoms with E-state index in [1.807, 2.05) is 18.2 Å². The standard InChI is InChI=1S/C10H11N3O2/c1-6(13-14)10-11-8-4-3-7(15-2)5-9(8)12-10/h3-5,14H,1-2H3,(H,11,12). The van der Waals surface area contributed by atoms with Gasteiger partial charge in [0.1, 0.15) is 11.5 Å². The van der Waals surface area contributed by atoms with E-state index in [4.69, 9.17) is 9.94 Å². The molecule has 0 aliphatic carbocycles. The van der Waals surface area contributed by atoms with E-state index in [0.29, 0.717) is 11.5 Å². The van der Waals surface area contributed by atoms with E-state index in [-0.39, 0.29) is 0 Å². The summed E-state index contributed by atoms with van der Waals surface area (Å²) >= 11 is 0. The van der Waals surface area contributed by atoms with Gasteiger partial charge >= 0.3 is 0 Å². The molecule has 0 aliphatic rings. The minimum Gasteiger partial charge on any atom is -0.497 e. The number of hydrogen-bond acceptors (Lipinski definition) is 4. The molecule has 1 aromatic heterocycles. The Morgan fingerprint density at radius 1 is 1.53 bits per heavy atom. The van der Waals surface area contributed by atoms with Crippen LogP contribution in [0.25, 0.3) is 11.0 Å². The quantitative estimate of drug-likeness (QED) is 0.446. The number of H-pyrrole nitrogens is 1. The molecule has 0 aliphatic heterocycles. The maximum atomic E-state index is 8.62. The van der Waals surface area contributed by atoms with Gasteiger partial charge in [-0.3, -0.25) is 0 Å². The van der Waals surface area contributed by atoms with E-state index in [1.54, 1.807) is 14.0 Å². The summed E-state index contributed by atoms with van der Waals surface area (Å²) < 4.78 is 5.09. The van der Waals surface area contributed by atoms with Gasteiger partial charge in [-0.15, -0.1) is 0 Å². The molecule has 0 unspecified atom stereocenters. The van der Waals surface area contributed by atoms with Crippen LogP contribution in [-0.4, -0.2) is 28.0 Å². The summed E-state index contributed by atoms with van der Waals surface area (Å²) in [6.45, 7) is 1.68. The van der Waals surface area contributed by atoms with Crippen molar-refractivity contribution < 1.29 is 9.94 Å². The molecular weight excluding hydrogens is 194 g/mol. The fourth-order valence-corrected chi connectivity index (χ4v) is 1.33. The maximum Gasteiger partial charge on any atom is 0.156 e. The highest BCUT2D eigenvalue weighted by atomic mass is 16.5. The fourth-order valence-electron chi connectivity index (χ4n) is 1.33. The van der Waals surface area contributed by atoms with Crippen LogP contribution in [0.15, 0.2) is 23.4 Å². The van der Waals surface area contributed by atoms with Gasteiger partial charge in [0, 0.05) is 6.07 Å². The zero-order chi connectivity index (χ0) is 10.8. The molecule has 0 atom stereocenters. The van der Waals surface area contributed by atoms with E-state index in [9.17, 15) is 0 Å². The number of oxime groups is 1. The summed E-state index contributed by atoms with van der Waals surface area (Å²) in [6, 6.07) is 5.52. The predicted octanol–water partition coefficient (Wildman–Crippen LogP) is 1.77. The first-order chi connectivity index (χ1) is 7.24. The van der Waals surface area contributed by atoms with Crippen molar-refractivity contribution in [3.8, 4) is 5.75 Å². The molecule has 5 heteroatoms. The lowest BCUT2D eigenvalue weighted by atomic mass is 10.3. The number of benzene rings is 1. The Hall–Kier alpha value is -2.04. The van der Waals surface area contributed by atoms with Crippen LogP contribution < -0.4 is 4.74 Å². The molecule has 78 valence electrons.